The lowest BCUT2D eigenvalue weighted by molar-refractivity contribution is 0.176. The van der Waals surface area contributed by atoms with Crippen molar-refractivity contribution in [2.45, 2.75) is 25.8 Å². The van der Waals surface area contributed by atoms with Crippen molar-refractivity contribution in [3.63, 3.8) is 0 Å². The number of rotatable bonds is 5. The molecular weight excluding hydrogens is 286 g/mol. The fourth-order valence-electron chi connectivity index (χ4n) is 3.39. The van der Waals surface area contributed by atoms with E-state index in [0.29, 0.717) is 5.75 Å². The summed E-state index contributed by atoms with van der Waals surface area (Å²) >= 11 is 0. The number of phenolic OH excluding ortho intramolecular Hbond substituents is 1. The van der Waals surface area contributed by atoms with Crippen molar-refractivity contribution in [2.24, 2.45) is 5.92 Å². The Hall–Kier alpha value is -2.00. The normalized spacial score (nSPS) is 16.4. The Kier molecular flexibility index (Phi) is 5.19. The van der Waals surface area contributed by atoms with E-state index in [9.17, 15) is 5.11 Å². The third-order valence-electron chi connectivity index (χ3n) is 4.75. The van der Waals surface area contributed by atoms with Crippen LogP contribution in [0.3, 0.4) is 0 Å². The fraction of sp³-hybridized carbons (Fsp3) is 0.400. The number of para-hydroxylation sites is 1. The van der Waals surface area contributed by atoms with Crippen LogP contribution in [0, 0.1) is 5.92 Å². The zero-order valence-corrected chi connectivity index (χ0v) is 13.7. The molecule has 1 aliphatic rings. The van der Waals surface area contributed by atoms with E-state index >= 15 is 0 Å². The van der Waals surface area contributed by atoms with Gasteiger partial charge in [0.2, 0.25) is 0 Å². The molecule has 2 aromatic carbocycles. The molecule has 3 rings (SSSR count). The van der Waals surface area contributed by atoms with Crippen LogP contribution in [-0.2, 0) is 13.0 Å². The first-order valence-corrected chi connectivity index (χ1v) is 8.37. The van der Waals surface area contributed by atoms with Crippen LogP contribution in [0.25, 0.3) is 0 Å². The van der Waals surface area contributed by atoms with Gasteiger partial charge in [0.05, 0.1) is 7.11 Å². The molecule has 0 radical (unpaired) electrons. The third kappa shape index (κ3) is 4.26. The lowest BCUT2D eigenvalue weighted by Crippen LogP contribution is -2.33. The smallest absolute Gasteiger partial charge is 0.122 e. The second-order valence-corrected chi connectivity index (χ2v) is 6.40. The summed E-state index contributed by atoms with van der Waals surface area (Å²) in [4.78, 5) is 2.51. The molecule has 1 fully saturated rings. The van der Waals surface area contributed by atoms with Crippen molar-refractivity contribution in [3.8, 4) is 11.5 Å². The van der Waals surface area contributed by atoms with E-state index in [1.165, 1.54) is 24.0 Å². The molecule has 0 amide bonds. The highest BCUT2D eigenvalue weighted by Gasteiger charge is 2.20. The SMILES string of the molecule is COc1ccccc1CC1CCN(Cc2ccc(O)cc2)CC1. The molecule has 3 nitrogen and oxygen atoms in total. The maximum atomic E-state index is 9.36. The number of benzene rings is 2. The quantitative estimate of drug-likeness (QED) is 0.910. The maximum Gasteiger partial charge on any atom is 0.122 e. The van der Waals surface area contributed by atoms with E-state index in [0.717, 1.165) is 37.7 Å². The molecule has 0 bridgehead atoms. The Bertz CT molecular complexity index is 616. The number of likely N-dealkylation sites (tertiary alicyclic amines) is 1. The molecule has 122 valence electrons. The Morgan fingerprint density at radius 2 is 1.74 bits per heavy atom. The zero-order chi connectivity index (χ0) is 16.1. The molecule has 1 N–H and O–H groups in total. The van der Waals surface area contributed by atoms with Crippen molar-refractivity contribution in [2.75, 3.05) is 20.2 Å². The summed E-state index contributed by atoms with van der Waals surface area (Å²) < 4.78 is 5.47. The topological polar surface area (TPSA) is 32.7 Å². The number of piperidine rings is 1. The molecule has 1 aliphatic heterocycles. The van der Waals surface area contributed by atoms with Crippen LogP contribution >= 0.6 is 0 Å². The van der Waals surface area contributed by atoms with Crippen LogP contribution in [0.5, 0.6) is 11.5 Å². The summed E-state index contributed by atoms with van der Waals surface area (Å²) in [6, 6.07) is 15.9. The first-order chi connectivity index (χ1) is 11.2. The van der Waals surface area contributed by atoms with Crippen LogP contribution in [0.1, 0.15) is 24.0 Å². The van der Waals surface area contributed by atoms with Gasteiger partial charge in [-0.05, 0) is 67.6 Å². The highest BCUT2D eigenvalue weighted by Crippen LogP contribution is 2.27. The van der Waals surface area contributed by atoms with Crippen LogP contribution < -0.4 is 4.74 Å². The van der Waals surface area contributed by atoms with E-state index in [1.54, 1.807) is 19.2 Å². The van der Waals surface area contributed by atoms with Gasteiger partial charge in [-0.1, -0.05) is 30.3 Å². The molecule has 0 aromatic heterocycles. The van der Waals surface area contributed by atoms with Gasteiger partial charge >= 0.3 is 0 Å². The number of hydrogen-bond acceptors (Lipinski definition) is 3. The third-order valence-corrected chi connectivity index (χ3v) is 4.75. The maximum absolute atomic E-state index is 9.36. The first kappa shape index (κ1) is 15.9. The molecule has 0 unspecified atom stereocenters. The van der Waals surface area contributed by atoms with Gasteiger partial charge in [-0.2, -0.15) is 0 Å². The molecule has 23 heavy (non-hydrogen) atoms. The second kappa shape index (κ2) is 7.51. The minimum atomic E-state index is 0.337. The summed E-state index contributed by atoms with van der Waals surface area (Å²) in [7, 11) is 1.75. The predicted molar refractivity (Wildman–Crippen MR) is 92.8 cm³/mol. The van der Waals surface area contributed by atoms with Gasteiger partial charge < -0.3 is 9.84 Å². The largest absolute Gasteiger partial charge is 0.508 e. The van der Waals surface area contributed by atoms with E-state index in [-0.39, 0.29) is 0 Å². The van der Waals surface area contributed by atoms with E-state index in [1.807, 2.05) is 18.2 Å². The molecule has 0 aliphatic carbocycles. The van der Waals surface area contributed by atoms with Gasteiger partial charge in [0, 0.05) is 6.54 Å². The van der Waals surface area contributed by atoms with Gasteiger partial charge in [-0.3, -0.25) is 4.90 Å². The Labute approximate surface area is 138 Å². The number of aromatic hydroxyl groups is 1. The molecule has 3 heteroatoms. The van der Waals surface area contributed by atoms with Crippen LogP contribution in [0.4, 0.5) is 0 Å². The number of phenols is 1. The number of ether oxygens (including phenoxy) is 1. The minimum absolute atomic E-state index is 0.337. The number of methoxy groups -OCH3 is 1. The first-order valence-electron chi connectivity index (χ1n) is 8.37. The number of nitrogens with zero attached hydrogens (tertiary/aromatic N) is 1. The molecular formula is C20H25NO2. The van der Waals surface area contributed by atoms with Crippen LogP contribution in [-0.4, -0.2) is 30.2 Å². The monoisotopic (exact) mass is 311 g/mol. The minimum Gasteiger partial charge on any atom is -0.508 e. The van der Waals surface area contributed by atoms with Crippen LogP contribution in [0.2, 0.25) is 0 Å². The molecule has 1 heterocycles. The molecule has 0 spiro atoms. The summed E-state index contributed by atoms with van der Waals surface area (Å²) in [6.07, 6.45) is 3.57. The van der Waals surface area contributed by atoms with Gasteiger partial charge in [-0.15, -0.1) is 0 Å². The van der Waals surface area contributed by atoms with E-state index in [4.69, 9.17) is 4.74 Å². The predicted octanol–water partition coefficient (Wildman–Crippen LogP) is 3.86. The van der Waals surface area contributed by atoms with Crippen molar-refractivity contribution < 1.29 is 9.84 Å². The fourth-order valence-corrected chi connectivity index (χ4v) is 3.39. The van der Waals surface area contributed by atoms with E-state index < -0.39 is 0 Å². The molecule has 2 aromatic rings. The molecule has 0 atom stereocenters. The lowest BCUT2D eigenvalue weighted by atomic mass is 9.89. The molecule has 1 saturated heterocycles. The highest BCUT2D eigenvalue weighted by molar-refractivity contribution is 5.33. The van der Waals surface area contributed by atoms with Crippen LogP contribution in [0.15, 0.2) is 48.5 Å². The average Bonchev–Trinajstić information content (AvgIpc) is 2.59. The van der Waals surface area contributed by atoms with Crippen molar-refractivity contribution >= 4 is 0 Å². The number of hydrogen-bond donors (Lipinski definition) is 1. The van der Waals surface area contributed by atoms with Crippen molar-refractivity contribution in [1.29, 1.82) is 0 Å². The van der Waals surface area contributed by atoms with Gasteiger partial charge in [-0.25, -0.2) is 0 Å². The standard InChI is InChI=1S/C20H25NO2/c1-23-20-5-3-2-4-18(20)14-16-10-12-21(13-11-16)15-17-6-8-19(22)9-7-17/h2-9,16,22H,10-15H2,1H3. The Balaban J connectivity index is 1.51. The lowest BCUT2D eigenvalue weighted by Gasteiger charge is -2.32. The Morgan fingerprint density at radius 3 is 2.43 bits per heavy atom. The summed E-state index contributed by atoms with van der Waals surface area (Å²) in [5.41, 5.74) is 2.60. The summed E-state index contributed by atoms with van der Waals surface area (Å²) in [5.74, 6) is 2.09. The second-order valence-electron chi connectivity index (χ2n) is 6.40. The van der Waals surface area contributed by atoms with Gasteiger partial charge in [0.25, 0.3) is 0 Å². The highest BCUT2D eigenvalue weighted by atomic mass is 16.5. The van der Waals surface area contributed by atoms with Gasteiger partial charge in [0.15, 0.2) is 0 Å². The molecule has 0 saturated carbocycles. The Morgan fingerprint density at radius 1 is 1.04 bits per heavy atom. The average molecular weight is 311 g/mol. The van der Waals surface area contributed by atoms with E-state index in [2.05, 4.69) is 23.1 Å². The summed E-state index contributed by atoms with van der Waals surface area (Å²) in [5, 5.41) is 9.36. The van der Waals surface area contributed by atoms with Gasteiger partial charge in [0.1, 0.15) is 11.5 Å². The zero-order valence-electron chi connectivity index (χ0n) is 13.7. The summed E-state index contributed by atoms with van der Waals surface area (Å²) in [6.45, 7) is 3.25. The van der Waals surface area contributed by atoms with Crippen molar-refractivity contribution in [1.82, 2.24) is 4.90 Å². The van der Waals surface area contributed by atoms with Crippen molar-refractivity contribution in [3.05, 3.63) is 59.7 Å².